The lowest BCUT2D eigenvalue weighted by molar-refractivity contribution is 0.148. The number of benzene rings is 1. The zero-order valence-corrected chi connectivity index (χ0v) is 8.23. The molecule has 1 aliphatic rings. The van der Waals surface area contributed by atoms with Gasteiger partial charge in [-0.1, -0.05) is 30.0 Å². The molecular weight excluding hydrogens is 206 g/mol. The molecule has 0 atom stereocenters. The van der Waals surface area contributed by atoms with Crippen LogP contribution in [-0.4, -0.2) is 10.9 Å². The molecule has 0 unspecified atom stereocenters. The highest BCUT2D eigenvalue weighted by atomic mass is 32.2. The fourth-order valence-corrected chi connectivity index (χ4v) is 2.17. The van der Waals surface area contributed by atoms with Gasteiger partial charge in [-0.25, -0.2) is 0 Å². The van der Waals surface area contributed by atoms with Crippen LogP contribution in [0.4, 0.5) is 8.78 Å². The quantitative estimate of drug-likeness (QED) is 0.784. The van der Waals surface area contributed by atoms with E-state index in [1.54, 1.807) is 24.3 Å². The summed E-state index contributed by atoms with van der Waals surface area (Å²) in [7, 11) is 0. The van der Waals surface area contributed by atoms with Crippen LogP contribution < -0.4 is 0 Å². The molecule has 0 heterocycles. The molecule has 14 heavy (non-hydrogen) atoms. The topological polar surface area (TPSA) is 20.2 Å². The van der Waals surface area contributed by atoms with Crippen LogP contribution in [0.25, 0.3) is 0 Å². The maximum Gasteiger partial charge on any atom is 0.288 e. The molecule has 2 rings (SSSR count). The second-order valence-corrected chi connectivity index (χ2v) is 4.44. The molecular formula is C10H10F2OS. The largest absolute Gasteiger partial charge is 0.385 e. The maximum atomic E-state index is 12.2. The van der Waals surface area contributed by atoms with E-state index in [2.05, 4.69) is 0 Å². The Morgan fingerprint density at radius 2 is 1.93 bits per heavy atom. The van der Waals surface area contributed by atoms with E-state index in [0.29, 0.717) is 35.1 Å². The summed E-state index contributed by atoms with van der Waals surface area (Å²) in [5.74, 6) is -2.43. The van der Waals surface area contributed by atoms with Crippen molar-refractivity contribution in [2.45, 2.75) is 29.1 Å². The highest BCUT2D eigenvalue weighted by molar-refractivity contribution is 7.99. The van der Waals surface area contributed by atoms with Crippen LogP contribution >= 0.6 is 11.8 Å². The zero-order valence-electron chi connectivity index (χ0n) is 7.41. The third-order valence-corrected chi connectivity index (χ3v) is 3.12. The first-order valence-corrected chi connectivity index (χ1v) is 5.26. The minimum absolute atomic E-state index is 0.488. The predicted octanol–water partition coefficient (Wildman–Crippen LogP) is 2.98. The summed E-state index contributed by atoms with van der Waals surface area (Å²) in [4.78, 5) is 0.488. The molecule has 1 aromatic carbocycles. The Morgan fingerprint density at radius 3 is 2.50 bits per heavy atom. The predicted molar refractivity (Wildman–Crippen MR) is 51.4 cm³/mol. The monoisotopic (exact) mass is 216 g/mol. The van der Waals surface area contributed by atoms with E-state index in [1.807, 2.05) is 0 Å². The molecule has 0 amide bonds. The first-order chi connectivity index (χ1) is 6.62. The summed E-state index contributed by atoms with van der Waals surface area (Å²) >= 11 is 0.499. The maximum absolute atomic E-state index is 12.2. The first kappa shape index (κ1) is 9.93. The van der Waals surface area contributed by atoms with Crippen molar-refractivity contribution in [1.82, 2.24) is 0 Å². The minimum Gasteiger partial charge on any atom is -0.385 e. The van der Waals surface area contributed by atoms with Crippen LogP contribution in [0.1, 0.15) is 18.4 Å². The molecule has 4 heteroatoms. The Labute approximate surface area is 85.1 Å². The van der Waals surface area contributed by atoms with Crippen molar-refractivity contribution in [3.63, 3.8) is 0 Å². The van der Waals surface area contributed by atoms with Crippen molar-refractivity contribution >= 4 is 11.8 Å². The molecule has 0 radical (unpaired) electrons. The molecule has 1 aromatic rings. The van der Waals surface area contributed by atoms with Crippen molar-refractivity contribution < 1.29 is 13.9 Å². The van der Waals surface area contributed by atoms with Crippen LogP contribution in [0.15, 0.2) is 29.2 Å². The number of alkyl halides is 2. The average molecular weight is 216 g/mol. The molecule has 1 saturated carbocycles. The van der Waals surface area contributed by atoms with Gasteiger partial charge in [0, 0.05) is 4.90 Å². The van der Waals surface area contributed by atoms with Crippen molar-refractivity contribution in [2.24, 2.45) is 0 Å². The number of halogens is 2. The molecule has 76 valence electrons. The van der Waals surface area contributed by atoms with Crippen LogP contribution in [-0.2, 0) is 5.60 Å². The molecule has 0 spiro atoms. The Hall–Kier alpha value is -0.610. The van der Waals surface area contributed by atoms with Gasteiger partial charge in [-0.2, -0.15) is 8.78 Å². The lowest BCUT2D eigenvalue weighted by atomic mass is 10.1. The Morgan fingerprint density at radius 1 is 1.29 bits per heavy atom. The summed E-state index contributed by atoms with van der Waals surface area (Å²) in [6.45, 7) is 0. The summed E-state index contributed by atoms with van der Waals surface area (Å²) in [5.41, 5.74) is -0.191. The Balaban J connectivity index is 2.29. The van der Waals surface area contributed by atoms with Gasteiger partial charge in [0.2, 0.25) is 0 Å². The van der Waals surface area contributed by atoms with Crippen LogP contribution in [0.2, 0.25) is 0 Å². The highest BCUT2D eigenvalue weighted by Crippen LogP contribution is 2.48. The second-order valence-electron chi connectivity index (χ2n) is 3.41. The van der Waals surface area contributed by atoms with Gasteiger partial charge in [-0.15, -0.1) is 0 Å². The van der Waals surface area contributed by atoms with Crippen molar-refractivity contribution in [3.8, 4) is 0 Å². The first-order valence-electron chi connectivity index (χ1n) is 4.38. The summed E-state index contributed by atoms with van der Waals surface area (Å²) < 4.78 is 24.4. The number of hydrogen-bond acceptors (Lipinski definition) is 2. The van der Waals surface area contributed by atoms with Crippen LogP contribution in [0.5, 0.6) is 0 Å². The average Bonchev–Trinajstić information content (AvgIpc) is 2.84. The third-order valence-electron chi connectivity index (χ3n) is 2.33. The van der Waals surface area contributed by atoms with Gasteiger partial charge in [0.25, 0.3) is 5.76 Å². The zero-order chi connectivity index (χ0) is 10.2. The van der Waals surface area contributed by atoms with Crippen molar-refractivity contribution in [2.75, 3.05) is 0 Å². The van der Waals surface area contributed by atoms with Crippen molar-refractivity contribution in [3.05, 3.63) is 29.8 Å². The van der Waals surface area contributed by atoms with Gasteiger partial charge < -0.3 is 5.11 Å². The van der Waals surface area contributed by atoms with Gasteiger partial charge in [0.1, 0.15) is 0 Å². The molecule has 0 aliphatic heterocycles. The van der Waals surface area contributed by atoms with E-state index >= 15 is 0 Å². The fourth-order valence-electron chi connectivity index (χ4n) is 1.44. The van der Waals surface area contributed by atoms with Crippen LogP contribution in [0.3, 0.4) is 0 Å². The molecule has 1 N–H and O–H groups in total. The number of aliphatic hydroxyl groups is 1. The van der Waals surface area contributed by atoms with E-state index in [-0.39, 0.29) is 0 Å². The summed E-state index contributed by atoms with van der Waals surface area (Å²) in [6.07, 6.45) is 1.35. The Bertz CT molecular complexity index is 337. The van der Waals surface area contributed by atoms with Gasteiger partial charge in [-0.05, 0) is 24.5 Å². The Kier molecular flexibility index (Phi) is 2.49. The molecule has 0 saturated heterocycles. The highest BCUT2D eigenvalue weighted by Gasteiger charge is 2.43. The van der Waals surface area contributed by atoms with E-state index < -0.39 is 11.4 Å². The SMILES string of the molecule is OC1(c2ccccc2SC(F)F)CC1. The normalized spacial score (nSPS) is 18.6. The van der Waals surface area contributed by atoms with Gasteiger partial charge in [0.15, 0.2) is 0 Å². The minimum atomic E-state index is -2.43. The molecule has 0 bridgehead atoms. The standard InChI is InChI=1S/C10H10F2OS/c11-9(12)14-8-4-2-1-3-7(8)10(13)5-6-10/h1-4,9,13H,5-6H2. The third kappa shape index (κ3) is 1.91. The molecule has 1 nitrogen and oxygen atoms in total. The number of rotatable bonds is 3. The number of hydrogen-bond donors (Lipinski definition) is 1. The van der Waals surface area contributed by atoms with E-state index in [0.717, 1.165) is 0 Å². The molecule has 0 aromatic heterocycles. The van der Waals surface area contributed by atoms with Crippen molar-refractivity contribution in [1.29, 1.82) is 0 Å². The van der Waals surface area contributed by atoms with Gasteiger partial charge in [0.05, 0.1) is 5.60 Å². The van der Waals surface area contributed by atoms with E-state index in [9.17, 15) is 13.9 Å². The van der Waals surface area contributed by atoms with Crippen LogP contribution in [0, 0.1) is 0 Å². The lowest BCUT2D eigenvalue weighted by Gasteiger charge is -2.12. The lowest BCUT2D eigenvalue weighted by Crippen LogP contribution is -2.06. The number of thioether (sulfide) groups is 1. The fraction of sp³-hybridized carbons (Fsp3) is 0.400. The molecule has 1 aliphatic carbocycles. The summed E-state index contributed by atoms with van der Waals surface area (Å²) in [6, 6.07) is 6.82. The molecule has 1 fully saturated rings. The van der Waals surface area contributed by atoms with E-state index in [4.69, 9.17) is 0 Å². The van der Waals surface area contributed by atoms with Gasteiger partial charge >= 0.3 is 0 Å². The van der Waals surface area contributed by atoms with E-state index in [1.165, 1.54) is 0 Å². The smallest absolute Gasteiger partial charge is 0.288 e. The summed E-state index contributed by atoms with van der Waals surface area (Å²) in [5, 5.41) is 9.84. The van der Waals surface area contributed by atoms with Gasteiger partial charge in [-0.3, -0.25) is 0 Å². The second kappa shape index (κ2) is 3.51.